The molecule has 1 aliphatic rings. The maximum atomic E-state index is 12.0. The molecule has 0 saturated heterocycles. The number of thiazole rings is 1. The standard InChI is InChI=1S/C16H14N4O4S/c21-13(8-5-10-3-6-11(7-4-10)20(23)24)19-16-18-12-2-1-9-17-15(22)14(12)25-16/h3-8H,1-2,9H2,(H,17,22)(H,18,19,21)/b8-5+. The van der Waals surface area contributed by atoms with Gasteiger partial charge in [-0.2, -0.15) is 0 Å². The predicted molar refractivity (Wildman–Crippen MR) is 93.5 cm³/mol. The van der Waals surface area contributed by atoms with Gasteiger partial charge in [-0.1, -0.05) is 11.3 Å². The summed E-state index contributed by atoms with van der Waals surface area (Å²) in [4.78, 5) is 38.8. The van der Waals surface area contributed by atoms with Crippen molar-refractivity contribution in [1.29, 1.82) is 0 Å². The van der Waals surface area contributed by atoms with Crippen molar-refractivity contribution in [3.05, 3.63) is 56.6 Å². The van der Waals surface area contributed by atoms with Crippen LogP contribution in [-0.4, -0.2) is 28.3 Å². The molecule has 25 heavy (non-hydrogen) atoms. The molecule has 128 valence electrons. The zero-order chi connectivity index (χ0) is 17.8. The summed E-state index contributed by atoms with van der Waals surface area (Å²) in [5.74, 6) is -0.547. The minimum atomic E-state index is -0.483. The number of aryl methyl sites for hydroxylation is 1. The Labute approximate surface area is 146 Å². The van der Waals surface area contributed by atoms with Gasteiger partial charge in [-0.15, -0.1) is 0 Å². The Hall–Kier alpha value is -3.07. The number of anilines is 1. The van der Waals surface area contributed by atoms with Crippen LogP contribution in [0.15, 0.2) is 30.3 Å². The zero-order valence-electron chi connectivity index (χ0n) is 13.0. The highest BCUT2D eigenvalue weighted by Gasteiger charge is 2.20. The molecular formula is C16H14N4O4S. The normalized spacial score (nSPS) is 13.8. The first-order valence-corrected chi connectivity index (χ1v) is 8.36. The molecule has 0 fully saturated rings. The molecule has 2 N–H and O–H groups in total. The minimum Gasteiger partial charge on any atom is -0.351 e. The first kappa shape index (κ1) is 16.8. The topological polar surface area (TPSA) is 114 Å². The Morgan fingerprint density at radius 3 is 2.84 bits per heavy atom. The van der Waals surface area contributed by atoms with E-state index in [9.17, 15) is 19.7 Å². The molecule has 1 aromatic carbocycles. The lowest BCUT2D eigenvalue weighted by atomic mass is 10.2. The van der Waals surface area contributed by atoms with E-state index in [1.54, 1.807) is 18.2 Å². The van der Waals surface area contributed by atoms with Crippen LogP contribution in [0.4, 0.5) is 10.8 Å². The van der Waals surface area contributed by atoms with Gasteiger partial charge in [-0.05, 0) is 36.6 Å². The van der Waals surface area contributed by atoms with Crippen molar-refractivity contribution in [3.8, 4) is 0 Å². The number of nitro benzene ring substituents is 1. The van der Waals surface area contributed by atoms with Crippen molar-refractivity contribution in [1.82, 2.24) is 10.3 Å². The number of nitro groups is 1. The van der Waals surface area contributed by atoms with Crippen LogP contribution in [0, 0.1) is 10.1 Å². The maximum Gasteiger partial charge on any atom is 0.269 e. The molecule has 3 rings (SSSR count). The average Bonchev–Trinajstić information content (AvgIpc) is 2.92. The summed E-state index contributed by atoms with van der Waals surface area (Å²) < 4.78 is 0. The van der Waals surface area contributed by atoms with Gasteiger partial charge in [0, 0.05) is 24.8 Å². The smallest absolute Gasteiger partial charge is 0.269 e. The molecule has 0 atom stereocenters. The van der Waals surface area contributed by atoms with Gasteiger partial charge in [-0.25, -0.2) is 4.98 Å². The molecule has 2 amide bonds. The van der Waals surface area contributed by atoms with E-state index in [1.807, 2.05) is 0 Å². The summed E-state index contributed by atoms with van der Waals surface area (Å²) in [5, 5.41) is 16.4. The second-order valence-corrected chi connectivity index (χ2v) is 6.32. The first-order valence-electron chi connectivity index (χ1n) is 7.54. The Kier molecular flexibility index (Phi) is 4.85. The highest BCUT2D eigenvalue weighted by Crippen LogP contribution is 2.25. The van der Waals surface area contributed by atoms with E-state index in [-0.39, 0.29) is 17.5 Å². The fraction of sp³-hybridized carbons (Fsp3) is 0.188. The number of rotatable bonds is 4. The van der Waals surface area contributed by atoms with Crippen molar-refractivity contribution in [2.75, 3.05) is 11.9 Å². The van der Waals surface area contributed by atoms with Crippen molar-refractivity contribution in [3.63, 3.8) is 0 Å². The van der Waals surface area contributed by atoms with Crippen molar-refractivity contribution in [2.45, 2.75) is 12.8 Å². The highest BCUT2D eigenvalue weighted by molar-refractivity contribution is 7.17. The monoisotopic (exact) mass is 358 g/mol. The van der Waals surface area contributed by atoms with Crippen LogP contribution in [0.1, 0.15) is 27.3 Å². The summed E-state index contributed by atoms with van der Waals surface area (Å²) >= 11 is 1.15. The van der Waals surface area contributed by atoms with Gasteiger partial charge in [0.25, 0.3) is 11.6 Å². The Morgan fingerprint density at radius 2 is 2.12 bits per heavy atom. The van der Waals surface area contributed by atoms with E-state index in [2.05, 4.69) is 15.6 Å². The number of benzene rings is 1. The largest absolute Gasteiger partial charge is 0.351 e. The van der Waals surface area contributed by atoms with Gasteiger partial charge in [-0.3, -0.25) is 25.0 Å². The van der Waals surface area contributed by atoms with Crippen LogP contribution in [0.25, 0.3) is 6.08 Å². The number of amides is 2. The molecule has 0 spiro atoms. The second-order valence-electron chi connectivity index (χ2n) is 5.33. The molecule has 1 aromatic heterocycles. The summed E-state index contributed by atoms with van der Waals surface area (Å²) in [6.07, 6.45) is 4.37. The number of hydrogen-bond donors (Lipinski definition) is 2. The lowest BCUT2D eigenvalue weighted by molar-refractivity contribution is -0.384. The third-order valence-corrected chi connectivity index (χ3v) is 4.55. The van der Waals surface area contributed by atoms with Gasteiger partial charge in [0.15, 0.2) is 5.13 Å². The molecule has 1 aliphatic heterocycles. The molecule has 2 heterocycles. The van der Waals surface area contributed by atoms with E-state index in [0.29, 0.717) is 34.2 Å². The molecule has 0 unspecified atom stereocenters. The van der Waals surface area contributed by atoms with Crippen LogP contribution in [0.5, 0.6) is 0 Å². The first-order chi connectivity index (χ1) is 12.0. The number of nitrogens with zero attached hydrogens (tertiary/aromatic N) is 2. The molecule has 0 aliphatic carbocycles. The third-order valence-electron chi connectivity index (χ3n) is 3.54. The fourth-order valence-electron chi connectivity index (χ4n) is 2.32. The van der Waals surface area contributed by atoms with E-state index in [0.717, 1.165) is 17.8 Å². The van der Waals surface area contributed by atoms with E-state index in [1.165, 1.54) is 18.2 Å². The highest BCUT2D eigenvalue weighted by atomic mass is 32.1. The Balaban J connectivity index is 1.65. The van der Waals surface area contributed by atoms with E-state index in [4.69, 9.17) is 0 Å². The van der Waals surface area contributed by atoms with Crippen LogP contribution in [0.2, 0.25) is 0 Å². The van der Waals surface area contributed by atoms with Crippen molar-refractivity contribution >= 4 is 40.0 Å². The molecular weight excluding hydrogens is 344 g/mol. The van der Waals surface area contributed by atoms with Crippen LogP contribution in [0.3, 0.4) is 0 Å². The number of aromatic nitrogens is 1. The molecule has 2 aromatic rings. The summed E-state index contributed by atoms with van der Waals surface area (Å²) in [6, 6.07) is 5.85. The predicted octanol–water partition coefficient (Wildman–Crippen LogP) is 2.38. The van der Waals surface area contributed by atoms with Crippen LogP contribution >= 0.6 is 11.3 Å². The minimum absolute atomic E-state index is 0.0100. The number of hydrogen-bond acceptors (Lipinski definition) is 6. The van der Waals surface area contributed by atoms with Gasteiger partial charge in [0.05, 0.1) is 10.6 Å². The fourth-order valence-corrected chi connectivity index (χ4v) is 3.25. The molecule has 0 bridgehead atoms. The van der Waals surface area contributed by atoms with Gasteiger partial charge >= 0.3 is 0 Å². The van der Waals surface area contributed by atoms with Gasteiger partial charge in [0.2, 0.25) is 5.91 Å². The van der Waals surface area contributed by atoms with Crippen molar-refractivity contribution < 1.29 is 14.5 Å². The van der Waals surface area contributed by atoms with Crippen molar-refractivity contribution in [2.24, 2.45) is 0 Å². The average molecular weight is 358 g/mol. The number of carbonyl (C=O) groups excluding carboxylic acids is 2. The molecule has 8 nitrogen and oxygen atoms in total. The van der Waals surface area contributed by atoms with Gasteiger partial charge < -0.3 is 5.32 Å². The lowest BCUT2D eigenvalue weighted by Crippen LogP contribution is -2.21. The van der Waals surface area contributed by atoms with Gasteiger partial charge in [0.1, 0.15) is 4.88 Å². The SMILES string of the molecule is O=C(/C=C/c1ccc([N+](=O)[O-])cc1)Nc1nc2c(s1)C(=O)NCCC2. The summed E-state index contributed by atoms with van der Waals surface area (Å²) in [7, 11) is 0. The quantitative estimate of drug-likeness (QED) is 0.495. The third kappa shape index (κ3) is 4.07. The second kappa shape index (κ2) is 7.22. The summed E-state index contributed by atoms with van der Waals surface area (Å²) in [5.41, 5.74) is 1.36. The maximum absolute atomic E-state index is 12.0. The van der Waals surface area contributed by atoms with Crippen LogP contribution < -0.4 is 10.6 Å². The summed E-state index contributed by atoms with van der Waals surface area (Å²) in [6.45, 7) is 0.627. The lowest BCUT2D eigenvalue weighted by Gasteiger charge is -1.98. The molecule has 0 radical (unpaired) electrons. The van der Waals surface area contributed by atoms with Crippen LogP contribution in [-0.2, 0) is 11.2 Å². The number of non-ortho nitro benzene ring substituents is 1. The van der Waals surface area contributed by atoms with E-state index < -0.39 is 4.92 Å². The van der Waals surface area contributed by atoms with E-state index >= 15 is 0 Å². The Morgan fingerprint density at radius 1 is 1.36 bits per heavy atom. The molecule has 0 saturated carbocycles. The number of carbonyl (C=O) groups is 2. The Bertz CT molecular complexity index is 858. The number of nitrogens with one attached hydrogen (secondary N) is 2. The number of fused-ring (bicyclic) bond motifs is 1. The molecule has 9 heteroatoms. The zero-order valence-corrected chi connectivity index (χ0v) is 13.8.